The van der Waals surface area contributed by atoms with Crippen LogP contribution >= 0.6 is 0 Å². The van der Waals surface area contributed by atoms with E-state index in [0.717, 1.165) is 19.6 Å². The predicted molar refractivity (Wildman–Crippen MR) is 71.1 cm³/mol. The Bertz CT molecular complexity index is 177. The fraction of sp³-hybridized carbons (Fsp3) is 1.00. The molecule has 0 aromatic carbocycles. The number of hydrogen-bond donors (Lipinski definition) is 1. The second-order valence-corrected chi connectivity index (χ2v) is 5.33. The first kappa shape index (κ1) is 14.9. The van der Waals surface area contributed by atoms with E-state index in [1.54, 1.807) is 7.11 Å². The van der Waals surface area contributed by atoms with Crippen LogP contribution in [0.5, 0.6) is 0 Å². The topological polar surface area (TPSA) is 44.5 Å². The Kier molecular flexibility index (Phi) is 7.82. The Labute approximate surface area is 106 Å². The molecule has 2 N–H and O–H groups in total. The largest absolute Gasteiger partial charge is 0.382 e. The van der Waals surface area contributed by atoms with Gasteiger partial charge in [-0.3, -0.25) is 0 Å². The molecule has 1 aliphatic carbocycles. The van der Waals surface area contributed by atoms with Crippen molar-refractivity contribution >= 4 is 0 Å². The normalized spacial score (nSPS) is 20.1. The zero-order valence-corrected chi connectivity index (χ0v) is 11.4. The van der Waals surface area contributed by atoms with E-state index in [2.05, 4.69) is 0 Å². The number of hydrogen-bond acceptors (Lipinski definition) is 3. The molecule has 3 nitrogen and oxygen atoms in total. The molecule has 102 valence electrons. The number of rotatable bonds is 8. The fourth-order valence-corrected chi connectivity index (χ4v) is 2.83. The van der Waals surface area contributed by atoms with Crippen molar-refractivity contribution in [3.05, 3.63) is 0 Å². The summed E-state index contributed by atoms with van der Waals surface area (Å²) in [6, 6.07) is 0. The van der Waals surface area contributed by atoms with Gasteiger partial charge in [-0.05, 0) is 37.6 Å². The van der Waals surface area contributed by atoms with Crippen LogP contribution in [0.25, 0.3) is 0 Å². The predicted octanol–water partition coefficient (Wildman–Crippen LogP) is 2.73. The Hall–Kier alpha value is -0.120. The molecule has 17 heavy (non-hydrogen) atoms. The lowest BCUT2D eigenvalue weighted by molar-refractivity contribution is 0.0625. The van der Waals surface area contributed by atoms with Gasteiger partial charge in [0.1, 0.15) is 0 Å². The molecule has 1 aliphatic rings. The molecule has 3 heteroatoms. The molecule has 0 aliphatic heterocycles. The summed E-state index contributed by atoms with van der Waals surface area (Å²) in [5.74, 6) is 0. The summed E-state index contributed by atoms with van der Waals surface area (Å²) >= 11 is 0. The van der Waals surface area contributed by atoms with E-state index < -0.39 is 0 Å². The highest BCUT2D eigenvalue weighted by molar-refractivity contribution is 4.82. The molecule has 1 fully saturated rings. The van der Waals surface area contributed by atoms with Gasteiger partial charge in [-0.2, -0.15) is 0 Å². The van der Waals surface area contributed by atoms with E-state index in [-0.39, 0.29) is 0 Å². The molecule has 0 amide bonds. The maximum atomic E-state index is 6.01. The average Bonchev–Trinajstić information content (AvgIpc) is 2.60. The molecule has 0 spiro atoms. The SMILES string of the molecule is COCCOCCCC1(CN)CCCCCC1. The molecular weight excluding hydrogens is 214 g/mol. The minimum Gasteiger partial charge on any atom is -0.382 e. The van der Waals surface area contributed by atoms with Gasteiger partial charge in [0.2, 0.25) is 0 Å². The van der Waals surface area contributed by atoms with Gasteiger partial charge < -0.3 is 15.2 Å². The quantitative estimate of drug-likeness (QED) is 0.526. The van der Waals surface area contributed by atoms with Crippen molar-refractivity contribution in [3.8, 4) is 0 Å². The lowest BCUT2D eigenvalue weighted by Crippen LogP contribution is -2.30. The third kappa shape index (κ3) is 5.84. The summed E-state index contributed by atoms with van der Waals surface area (Å²) in [6.45, 7) is 3.12. The van der Waals surface area contributed by atoms with Crippen molar-refractivity contribution in [2.45, 2.75) is 51.4 Å². The fourth-order valence-electron chi connectivity index (χ4n) is 2.83. The third-order valence-corrected chi connectivity index (χ3v) is 4.02. The third-order valence-electron chi connectivity index (χ3n) is 4.02. The van der Waals surface area contributed by atoms with Crippen LogP contribution in [0.1, 0.15) is 51.4 Å². The summed E-state index contributed by atoms with van der Waals surface area (Å²) < 4.78 is 10.5. The molecule has 0 radical (unpaired) electrons. The van der Waals surface area contributed by atoms with Gasteiger partial charge in [-0.25, -0.2) is 0 Å². The van der Waals surface area contributed by atoms with E-state index in [1.807, 2.05) is 0 Å². The maximum Gasteiger partial charge on any atom is 0.0700 e. The van der Waals surface area contributed by atoms with Crippen molar-refractivity contribution in [1.29, 1.82) is 0 Å². The summed E-state index contributed by atoms with van der Waals surface area (Å²) in [5.41, 5.74) is 6.43. The highest BCUT2D eigenvalue weighted by Gasteiger charge is 2.28. The van der Waals surface area contributed by atoms with Gasteiger partial charge in [-0.1, -0.05) is 25.7 Å². The van der Waals surface area contributed by atoms with E-state index in [0.29, 0.717) is 18.6 Å². The molecule has 0 unspecified atom stereocenters. The van der Waals surface area contributed by atoms with Gasteiger partial charge >= 0.3 is 0 Å². The van der Waals surface area contributed by atoms with Gasteiger partial charge in [0.15, 0.2) is 0 Å². The molecule has 0 saturated heterocycles. The smallest absolute Gasteiger partial charge is 0.0700 e. The second kappa shape index (κ2) is 8.90. The number of ether oxygens (including phenoxy) is 2. The van der Waals surface area contributed by atoms with E-state index in [1.165, 1.54) is 44.9 Å². The maximum absolute atomic E-state index is 6.01. The van der Waals surface area contributed by atoms with Crippen LogP contribution in [-0.4, -0.2) is 33.5 Å². The monoisotopic (exact) mass is 243 g/mol. The summed E-state index contributed by atoms with van der Waals surface area (Å²) in [5, 5.41) is 0. The zero-order chi connectivity index (χ0) is 12.4. The first-order chi connectivity index (χ1) is 8.33. The molecule has 1 rings (SSSR count). The van der Waals surface area contributed by atoms with E-state index >= 15 is 0 Å². The van der Waals surface area contributed by atoms with Crippen LogP contribution in [0.15, 0.2) is 0 Å². The van der Waals surface area contributed by atoms with Crippen LogP contribution in [-0.2, 0) is 9.47 Å². The van der Waals surface area contributed by atoms with Crippen molar-refractivity contribution in [2.75, 3.05) is 33.5 Å². The Morgan fingerprint density at radius 3 is 2.29 bits per heavy atom. The lowest BCUT2D eigenvalue weighted by atomic mass is 9.77. The van der Waals surface area contributed by atoms with Crippen molar-refractivity contribution in [2.24, 2.45) is 11.1 Å². The lowest BCUT2D eigenvalue weighted by Gasteiger charge is -2.31. The van der Waals surface area contributed by atoms with E-state index in [9.17, 15) is 0 Å². The minimum atomic E-state index is 0.418. The van der Waals surface area contributed by atoms with Crippen molar-refractivity contribution < 1.29 is 9.47 Å². The number of nitrogens with two attached hydrogens (primary N) is 1. The van der Waals surface area contributed by atoms with Gasteiger partial charge in [0, 0.05) is 13.7 Å². The number of methoxy groups -OCH3 is 1. The van der Waals surface area contributed by atoms with E-state index in [4.69, 9.17) is 15.2 Å². The average molecular weight is 243 g/mol. The Morgan fingerprint density at radius 1 is 1.00 bits per heavy atom. The first-order valence-electron chi connectivity index (χ1n) is 7.10. The molecule has 0 aromatic rings. The molecule has 0 aromatic heterocycles. The Balaban J connectivity index is 2.16. The van der Waals surface area contributed by atoms with Crippen LogP contribution in [0, 0.1) is 5.41 Å². The summed E-state index contributed by atoms with van der Waals surface area (Å²) in [6.07, 6.45) is 10.5. The van der Waals surface area contributed by atoms with Gasteiger partial charge in [0.25, 0.3) is 0 Å². The standard InChI is InChI=1S/C14H29NO2/c1-16-11-12-17-10-6-9-14(13-15)7-4-2-3-5-8-14/h2-13,15H2,1H3. The van der Waals surface area contributed by atoms with Crippen molar-refractivity contribution in [1.82, 2.24) is 0 Å². The minimum absolute atomic E-state index is 0.418. The van der Waals surface area contributed by atoms with Gasteiger partial charge in [-0.15, -0.1) is 0 Å². The highest BCUT2D eigenvalue weighted by Crippen LogP contribution is 2.38. The molecule has 1 saturated carbocycles. The highest BCUT2D eigenvalue weighted by atomic mass is 16.5. The first-order valence-corrected chi connectivity index (χ1v) is 7.10. The summed E-state index contributed by atoms with van der Waals surface area (Å²) in [4.78, 5) is 0. The summed E-state index contributed by atoms with van der Waals surface area (Å²) in [7, 11) is 1.71. The van der Waals surface area contributed by atoms with Crippen LogP contribution in [0.4, 0.5) is 0 Å². The molecule has 0 bridgehead atoms. The van der Waals surface area contributed by atoms with Crippen LogP contribution < -0.4 is 5.73 Å². The second-order valence-electron chi connectivity index (χ2n) is 5.33. The zero-order valence-electron chi connectivity index (χ0n) is 11.4. The Morgan fingerprint density at radius 2 is 1.71 bits per heavy atom. The van der Waals surface area contributed by atoms with Gasteiger partial charge in [0.05, 0.1) is 13.2 Å². The van der Waals surface area contributed by atoms with Crippen LogP contribution in [0.2, 0.25) is 0 Å². The van der Waals surface area contributed by atoms with Crippen molar-refractivity contribution in [3.63, 3.8) is 0 Å². The molecule has 0 heterocycles. The molecular formula is C14H29NO2. The van der Waals surface area contributed by atoms with Crippen LogP contribution in [0.3, 0.4) is 0 Å². The molecule has 0 atom stereocenters.